The molecule has 8 heteroatoms. The Morgan fingerprint density at radius 3 is 2.73 bits per heavy atom. The highest BCUT2D eigenvalue weighted by molar-refractivity contribution is 7.80. The highest BCUT2D eigenvalue weighted by Gasteiger charge is 2.60. The van der Waals surface area contributed by atoms with Crippen LogP contribution in [-0.2, 0) is 9.53 Å². The van der Waals surface area contributed by atoms with Crippen LogP contribution in [0.4, 0.5) is 5.69 Å². The number of carbonyl (C=O) groups excluding carboxylic acids is 1. The fraction of sp³-hybridized carbons (Fsp3) is 0.364. The van der Waals surface area contributed by atoms with Crippen LogP contribution in [0.5, 0.6) is 11.5 Å². The molecule has 30 heavy (non-hydrogen) atoms. The van der Waals surface area contributed by atoms with Crippen LogP contribution >= 0.6 is 23.8 Å². The highest BCUT2D eigenvalue weighted by atomic mass is 35.5. The van der Waals surface area contributed by atoms with E-state index >= 15 is 0 Å². The van der Waals surface area contributed by atoms with Gasteiger partial charge in [-0.15, -0.1) is 0 Å². The topological polar surface area (TPSA) is 60.0 Å². The van der Waals surface area contributed by atoms with Gasteiger partial charge in [0.25, 0.3) is 0 Å². The molecule has 0 aromatic heterocycles. The zero-order valence-corrected chi connectivity index (χ0v) is 18.5. The number of ether oxygens (including phenoxy) is 3. The predicted molar refractivity (Wildman–Crippen MR) is 119 cm³/mol. The minimum atomic E-state index is -1.15. The van der Waals surface area contributed by atoms with Crippen molar-refractivity contribution in [1.82, 2.24) is 5.32 Å². The van der Waals surface area contributed by atoms with Crippen molar-refractivity contribution in [2.45, 2.75) is 32.5 Å². The molecule has 2 aliphatic heterocycles. The SMILES string of the molecule is CCOC(=O)[C@@H]1[C@@H]2NC(=S)N(c3cccc(Cl)c3)[C@]1(C)Oc1c(OCC)cccc12. The summed E-state index contributed by atoms with van der Waals surface area (Å²) in [4.78, 5) is 14.9. The third-order valence-electron chi connectivity index (χ3n) is 5.40. The first-order chi connectivity index (χ1) is 14.4. The normalized spacial score (nSPS) is 24.4. The van der Waals surface area contributed by atoms with Gasteiger partial charge in [-0.3, -0.25) is 9.69 Å². The lowest BCUT2D eigenvalue weighted by Crippen LogP contribution is -2.71. The number of thiocarbonyl (C=S) groups is 1. The van der Waals surface area contributed by atoms with Gasteiger partial charge in [-0.1, -0.05) is 29.8 Å². The molecule has 158 valence electrons. The van der Waals surface area contributed by atoms with Crippen LogP contribution in [0.25, 0.3) is 0 Å². The van der Waals surface area contributed by atoms with E-state index in [-0.39, 0.29) is 12.6 Å². The van der Waals surface area contributed by atoms with Crippen LogP contribution in [0, 0.1) is 5.92 Å². The average molecular weight is 447 g/mol. The summed E-state index contributed by atoms with van der Waals surface area (Å²) in [6.07, 6.45) is 0. The maximum Gasteiger partial charge on any atom is 0.317 e. The molecule has 1 N–H and O–H groups in total. The van der Waals surface area contributed by atoms with Crippen LogP contribution in [0.15, 0.2) is 42.5 Å². The summed E-state index contributed by atoms with van der Waals surface area (Å²) in [6.45, 7) is 6.31. The van der Waals surface area contributed by atoms with Crippen LogP contribution in [0.3, 0.4) is 0 Å². The first kappa shape index (κ1) is 20.8. The van der Waals surface area contributed by atoms with Gasteiger partial charge < -0.3 is 19.5 Å². The smallest absolute Gasteiger partial charge is 0.317 e. The second-order valence-corrected chi connectivity index (χ2v) is 8.06. The second-order valence-electron chi connectivity index (χ2n) is 7.24. The van der Waals surface area contributed by atoms with Crippen molar-refractivity contribution in [3.8, 4) is 11.5 Å². The molecular weight excluding hydrogens is 424 g/mol. The van der Waals surface area contributed by atoms with Crippen molar-refractivity contribution in [1.29, 1.82) is 0 Å². The van der Waals surface area contributed by atoms with E-state index in [1.165, 1.54) is 0 Å². The monoisotopic (exact) mass is 446 g/mol. The van der Waals surface area contributed by atoms with Gasteiger partial charge in [0.15, 0.2) is 16.6 Å². The zero-order chi connectivity index (χ0) is 21.5. The van der Waals surface area contributed by atoms with Crippen molar-refractivity contribution in [2.24, 2.45) is 5.92 Å². The molecule has 0 amide bonds. The van der Waals surface area contributed by atoms with E-state index in [9.17, 15) is 4.79 Å². The molecule has 4 rings (SSSR count). The Kier molecular flexibility index (Phi) is 5.51. The lowest BCUT2D eigenvalue weighted by molar-refractivity contribution is -0.159. The quantitative estimate of drug-likeness (QED) is 0.537. The van der Waals surface area contributed by atoms with Crippen molar-refractivity contribution in [3.63, 3.8) is 0 Å². The van der Waals surface area contributed by atoms with Gasteiger partial charge in [-0.25, -0.2) is 0 Å². The average Bonchev–Trinajstić information content (AvgIpc) is 2.68. The molecule has 2 aromatic carbocycles. The van der Waals surface area contributed by atoms with E-state index in [2.05, 4.69) is 5.32 Å². The van der Waals surface area contributed by atoms with E-state index in [1.807, 2.05) is 44.2 Å². The van der Waals surface area contributed by atoms with Crippen LogP contribution in [-0.4, -0.2) is 30.0 Å². The number of esters is 1. The molecule has 0 aliphatic carbocycles. The van der Waals surface area contributed by atoms with Crippen LogP contribution in [0.2, 0.25) is 5.02 Å². The van der Waals surface area contributed by atoms with Crippen molar-refractivity contribution in [3.05, 3.63) is 53.1 Å². The number of carbonyl (C=O) groups is 1. The predicted octanol–water partition coefficient (Wildman–Crippen LogP) is 4.46. The highest BCUT2D eigenvalue weighted by Crippen LogP contribution is 2.52. The molecule has 0 unspecified atom stereocenters. The first-order valence-corrected chi connectivity index (χ1v) is 10.7. The van der Waals surface area contributed by atoms with E-state index in [4.69, 9.17) is 38.0 Å². The molecule has 0 spiro atoms. The summed E-state index contributed by atoms with van der Waals surface area (Å²) < 4.78 is 17.8. The Bertz CT molecular complexity index is 1000. The van der Waals surface area contributed by atoms with Crippen LogP contribution in [0.1, 0.15) is 32.4 Å². The summed E-state index contributed by atoms with van der Waals surface area (Å²) in [5.41, 5.74) is 0.376. The van der Waals surface area contributed by atoms with E-state index in [0.717, 1.165) is 5.56 Å². The largest absolute Gasteiger partial charge is 0.490 e. The Morgan fingerprint density at radius 2 is 2.03 bits per heavy atom. The molecule has 2 bridgehead atoms. The molecule has 0 saturated carbocycles. The minimum Gasteiger partial charge on any atom is -0.490 e. The fourth-order valence-electron chi connectivity index (χ4n) is 4.24. The van der Waals surface area contributed by atoms with Gasteiger partial charge in [0.2, 0.25) is 5.72 Å². The minimum absolute atomic E-state index is 0.269. The van der Waals surface area contributed by atoms with Gasteiger partial charge in [0.1, 0.15) is 5.92 Å². The van der Waals surface area contributed by atoms with Gasteiger partial charge in [0.05, 0.1) is 19.3 Å². The molecule has 2 aromatic rings. The maximum absolute atomic E-state index is 13.1. The second kappa shape index (κ2) is 7.96. The number of fused-ring (bicyclic) bond motifs is 4. The summed E-state index contributed by atoms with van der Waals surface area (Å²) in [6, 6.07) is 12.5. The Hall–Kier alpha value is -2.51. The Balaban J connectivity index is 1.91. The lowest BCUT2D eigenvalue weighted by atomic mass is 9.79. The standard InChI is InChI=1S/C22H23ClN2O4S/c1-4-27-16-11-7-10-15-18-17(20(26)28-5-2)22(3,29-19(15)16)25(21(30)24-18)14-9-6-8-13(23)12-14/h6-12,17-18H,4-5H2,1-3H3,(H,24,30)/t17-,18+,22+/m0/s1. The Morgan fingerprint density at radius 1 is 1.27 bits per heavy atom. The summed E-state index contributed by atoms with van der Waals surface area (Å²) in [7, 11) is 0. The summed E-state index contributed by atoms with van der Waals surface area (Å²) >= 11 is 11.9. The van der Waals surface area contributed by atoms with Crippen LogP contribution < -0.4 is 19.7 Å². The first-order valence-electron chi connectivity index (χ1n) is 9.88. The van der Waals surface area contributed by atoms with E-state index in [1.54, 1.807) is 24.0 Å². The number of hydrogen-bond donors (Lipinski definition) is 1. The Labute approximate surface area is 186 Å². The molecule has 6 nitrogen and oxygen atoms in total. The number of rotatable bonds is 5. The molecule has 0 radical (unpaired) electrons. The van der Waals surface area contributed by atoms with Gasteiger partial charge in [-0.2, -0.15) is 0 Å². The molecular formula is C22H23ClN2O4S. The zero-order valence-electron chi connectivity index (χ0n) is 17.0. The molecule has 1 saturated heterocycles. The molecule has 2 heterocycles. The number of nitrogens with one attached hydrogen (secondary N) is 1. The third kappa shape index (κ3) is 3.26. The molecule has 1 fully saturated rings. The van der Waals surface area contributed by atoms with E-state index in [0.29, 0.717) is 33.9 Å². The molecule has 3 atom stereocenters. The van der Waals surface area contributed by atoms with Gasteiger partial charge >= 0.3 is 5.97 Å². The number of benzene rings is 2. The van der Waals surface area contributed by atoms with Gasteiger partial charge in [-0.05, 0) is 57.3 Å². The molecule has 2 aliphatic rings. The van der Waals surface area contributed by atoms with Crippen molar-refractivity contribution < 1.29 is 19.0 Å². The van der Waals surface area contributed by atoms with Crippen molar-refractivity contribution in [2.75, 3.05) is 18.1 Å². The lowest BCUT2D eigenvalue weighted by Gasteiger charge is -2.55. The number of hydrogen-bond acceptors (Lipinski definition) is 5. The van der Waals surface area contributed by atoms with E-state index < -0.39 is 17.7 Å². The van der Waals surface area contributed by atoms with Gasteiger partial charge in [0, 0.05) is 16.3 Å². The maximum atomic E-state index is 13.1. The van der Waals surface area contributed by atoms with Crippen molar-refractivity contribution >= 4 is 40.6 Å². The number of para-hydroxylation sites is 1. The third-order valence-corrected chi connectivity index (χ3v) is 5.93. The number of halogens is 1. The fourth-order valence-corrected chi connectivity index (χ4v) is 4.83. The summed E-state index contributed by atoms with van der Waals surface area (Å²) in [5, 5.41) is 4.33. The summed E-state index contributed by atoms with van der Waals surface area (Å²) in [5.74, 6) is 0.177. The number of anilines is 1. The number of nitrogens with zero attached hydrogens (tertiary/aromatic N) is 1.